The van der Waals surface area contributed by atoms with E-state index in [1.165, 1.54) is 6.07 Å². The lowest BCUT2D eigenvalue weighted by atomic mass is 10.1. The molecule has 1 unspecified atom stereocenters. The molecule has 2 N–H and O–H groups in total. The first-order chi connectivity index (χ1) is 10.2. The van der Waals surface area contributed by atoms with Crippen molar-refractivity contribution in [3.8, 4) is 0 Å². The number of nitrogen functional groups attached to an aromatic ring is 1. The van der Waals surface area contributed by atoms with Gasteiger partial charge >= 0.3 is 0 Å². The van der Waals surface area contributed by atoms with Gasteiger partial charge in [0.05, 0.1) is 17.3 Å². The number of halogens is 1. The number of benzene rings is 1. The van der Waals surface area contributed by atoms with E-state index < -0.39 is 0 Å². The molecule has 3 rings (SSSR count). The van der Waals surface area contributed by atoms with E-state index in [2.05, 4.69) is 4.98 Å². The minimum atomic E-state index is -0.321. The van der Waals surface area contributed by atoms with Gasteiger partial charge in [-0.15, -0.1) is 0 Å². The monoisotopic (exact) mass is 289 g/mol. The van der Waals surface area contributed by atoms with E-state index in [9.17, 15) is 4.39 Å². The Morgan fingerprint density at radius 1 is 1.52 bits per heavy atom. The van der Waals surface area contributed by atoms with E-state index >= 15 is 0 Å². The maximum Gasteiger partial charge on any atom is 0.150 e. The summed E-state index contributed by atoms with van der Waals surface area (Å²) in [6.07, 6.45) is 3.94. The number of rotatable bonds is 4. The van der Waals surface area contributed by atoms with Crippen molar-refractivity contribution < 1.29 is 9.13 Å². The normalized spacial score (nSPS) is 18.3. The summed E-state index contributed by atoms with van der Waals surface area (Å²) in [4.78, 5) is 6.34. The lowest BCUT2D eigenvalue weighted by molar-refractivity contribution is 0.115. The van der Waals surface area contributed by atoms with Crippen LogP contribution in [0.2, 0.25) is 0 Å². The molecule has 1 aromatic heterocycles. The Bertz CT molecular complexity index is 641. The maximum absolute atomic E-state index is 14.5. The summed E-state index contributed by atoms with van der Waals surface area (Å²) in [6.45, 7) is 4.19. The van der Waals surface area contributed by atoms with Gasteiger partial charge in [0.1, 0.15) is 0 Å². The first-order valence-corrected chi connectivity index (χ1v) is 7.40. The number of anilines is 2. The molecule has 0 bridgehead atoms. The number of aromatic nitrogens is 1. The van der Waals surface area contributed by atoms with E-state index in [1.807, 2.05) is 24.0 Å². The number of fused-ring (bicyclic) bond motifs is 1. The second-order valence-electron chi connectivity index (χ2n) is 5.37. The number of nitrogens with two attached hydrogens (primary N) is 1. The van der Waals surface area contributed by atoms with Gasteiger partial charge in [-0.25, -0.2) is 4.39 Å². The van der Waals surface area contributed by atoms with E-state index in [4.69, 9.17) is 10.5 Å². The van der Waals surface area contributed by atoms with Crippen LogP contribution >= 0.6 is 0 Å². The minimum absolute atomic E-state index is 0.167. The predicted octanol–water partition coefficient (Wildman–Crippen LogP) is 2.96. The van der Waals surface area contributed by atoms with Gasteiger partial charge in [0, 0.05) is 37.0 Å². The number of likely N-dealkylation sites (N-methyl/N-ethyl adjacent to an activating group) is 1. The molecular formula is C16H20FN3O. The van der Waals surface area contributed by atoms with Crippen LogP contribution in [-0.4, -0.2) is 30.8 Å². The van der Waals surface area contributed by atoms with E-state index in [1.54, 1.807) is 6.20 Å². The summed E-state index contributed by atoms with van der Waals surface area (Å²) >= 11 is 0. The molecule has 21 heavy (non-hydrogen) atoms. The molecule has 1 saturated heterocycles. The largest absolute Gasteiger partial charge is 0.398 e. The van der Waals surface area contributed by atoms with Crippen molar-refractivity contribution in [2.24, 2.45) is 0 Å². The molecule has 0 aliphatic carbocycles. The van der Waals surface area contributed by atoms with Gasteiger partial charge in [0.15, 0.2) is 5.82 Å². The second-order valence-corrected chi connectivity index (χ2v) is 5.37. The van der Waals surface area contributed by atoms with Crippen molar-refractivity contribution in [3.05, 3.63) is 30.2 Å². The van der Waals surface area contributed by atoms with Crippen molar-refractivity contribution in [3.63, 3.8) is 0 Å². The summed E-state index contributed by atoms with van der Waals surface area (Å²) in [5, 5.41) is 0.791. The average Bonchev–Trinajstić information content (AvgIpc) is 2.99. The number of ether oxygens (including phenoxy) is 1. The molecule has 1 aliphatic heterocycles. The standard InChI is InChI=1S/C16H20FN3O/c1-2-20(10-11-5-4-8-21-11)16-13(17)9-14(18)12-6-3-7-19-15(12)16/h3,6-7,9,11H,2,4-5,8,10,18H2,1H3. The highest BCUT2D eigenvalue weighted by Crippen LogP contribution is 2.33. The first kappa shape index (κ1) is 14.1. The summed E-state index contributed by atoms with van der Waals surface area (Å²) in [5.74, 6) is -0.321. The second kappa shape index (κ2) is 5.85. The Kier molecular flexibility index (Phi) is 3.92. The topological polar surface area (TPSA) is 51.4 Å². The van der Waals surface area contributed by atoms with Gasteiger partial charge in [-0.2, -0.15) is 0 Å². The Balaban J connectivity index is 2.04. The molecule has 0 saturated carbocycles. The lowest BCUT2D eigenvalue weighted by Crippen LogP contribution is -2.33. The van der Waals surface area contributed by atoms with Crippen LogP contribution in [0.5, 0.6) is 0 Å². The molecule has 0 radical (unpaired) electrons. The van der Waals surface area contributed by atoms with E-state index in [0.717, 1.165) is 24.8 Å². The van der Waals surface area contributed by atoms with Crippen LogP contribution in [0.1, 0.15) is 19.8 Å². The molecule has 0 spiro atoms. The highest BCUT2D eigenvalue weighted by molar-refractivity contribution is 5.98. The lowest BCUT2D eigenvalue weighted by Gasteiger charge is -2.27. The fraction of sp³-hybridized carbons (Fsp3) is 0.438. The molecular weight excluding hydrogens is 269 g/mol. The summed E-state index contributed by atoms with van der Waals surface area (Å²) in [5.41, 5.74) is 7.48. The molecule has 5 heteroatoms. The van der Waals surface area contributed by atoms with Crippen molar-refractivity contribution in [1.29, 1.82) is 0 Å². The zero-order valence-electron chi connectivity index (χ0n) is 12.2. The zero-order chi connectivity index (χ0) is 14.8. The van der Waals surface area contributed by atoms with Crippen LogP contribution in [0.25, 0.3) is 10.9 Å². The van der Waals surface area contributed by atoms with Crippen LogP contribution < -0.4 is 10.6 Å². The molecule has 4 nitrogen and oxygen atoms in total. The van der Waals surface area contributed by atoms with Gasteiger partial charge in [0.2, 0.25) is 0 Å². The molecule has 1 aromatic carbocycles. The summed E-state index contributed by atoms with van der Waals surface area (Å²) in [6, 6.07) is 5.08. The smallest absolute Gasteiger partial charge is 0.150 e. The third-order valence-electron chi connectivity index (χ3n) is 4.00. The average molecular weight is 289 g/mol. The Morgan fingerprint density at radius 2 is 2.38 bits per heavy atom. The number of hydrogen-bond acceptors (Lipinski definition) is 4. The summed E-state index contributed by atoms with van der Waals surface area (Å²) in [7, 11) is 0. The number of pyridine rings is 1. The van der Waals surface area contributed by atoms with Crippen LogP contribution in [0, 0.1) is 5.82 Å². The van der Waals surface area contributed by atoms with Crippen molar-refractivity contribution in [2.75, 3.05) is 30.3 Å². The predicted molar refractivity (Wildman–Crippen MR) is 83.0 cm³/mol. The fourth-order valence-corrected chi connectivity index (χ4v) is 2.94. The quantitative estimate of drug-likeness (QED) is 0.879. The van der Waals surface area contributed by atoms with Crippen LogP contribution in [-0.2, 0) is 4.74 Å². The zero-order valence-corrected chi connectivity index (χ0v) is 12.2. The van der Waals surface area contributed by atoms with Gasteiger partial charge in [-0.05, 0) is 38.0 Å². The van der Waals surface area contributed by atoms with Gasteiger partial charge < -0.3 is 15.4 Å². The van der Waals surface area contributed by atoms with Crippen LogP contribution in [0.15, 0.2) is 24.4 Å². The number of hydrogen-bond donors (Lipinski definition) is 1. The number of nitrogens with zero attached hydrogens (tertiary/aromatic N) is 2. The Labute approximate surface area is 123 Å². The molecule has 1 aliphatic rings. The van der Waals surface area contributed by atoms with Crippen molar-refractivity contribution in [1.82, 2.24) is 4.98 Å². The van der Waals surface area contributed by atoms with Crippen molar-refractivity contribution in [2.45, 2.75) is 25.9 Å². The van der Waals surface area contributed by atoms with E-state index in [-0.39, 0.29) is 11.9 Å². The maximum atomic E-state index is 14.5. The molecule has 112 valence electrons. The van der Waals surface area contributed by atoms with Crippen LogP contribution in [0.4, 0.5) is 15.8 Å². The Morgan fingerprint density at radius 3 is 3.10 bits per heavy atom. The Hall–Kier alpha value is -1.88. The molecule has 0 amide bonds. The van der Waals surface area contributed by atoms with Gasteiger partial charge in [-0.3, -0.25) is 4.98 Å². The van der Waals surface area contributed by atoms with Crippen molar-refractivity contribution >= 4 is 22.3 Å². The molecule has 2 heterocycles. The third-order valence-corrected chi connectivity index (χ3v) is 4.00. The third kappa shape index (κ3) is 2.65. The summed E-state index contributed by atoms with van der Waals surface area (Å²) < 4.78 is 20.2. The van der Waals surface area contributed by atoms with Gasteiger partial charge in [0.25, 0.3) is 0 Å². The van der Waals surface area contributed by atoms with E-state index in [0.29, 0.717) is 30.0 Å². The molecule has 1 fully saturated rings. The fourth-order valence-electron chi connectivity index (χ4n) is 2.94. The minimum Gasteiger partial charge on any atom is -0.398 e. The SMILES string of the molecule is CCN(CC1CCCO1)c1c(F)cc(N)c2cccnc12. The highest BCUT2D eigenvalue weighted by Gasteiger charge is 2.23. The molecule has 2 aromatic rings. The van der Waals surface area contributed by atoms with Gasteiger partial charge in [-0.1, -0.05) is 0 Å². The highest BCUT2D eigenvalue weighted by atomic mass is 19.1. The molecule has 1 atom stereocenters. The van der Waals surface area contributed by atoms with Crippen LogP contribution in [0.3, 0.4) is 0 Å². The first-order valence-electron chi connectivity index (χ1n) is 7.40.